The Morgan fingerprint density at radius 1 is 1.24 bits per heavy atom. The Bertz CT molecular complexity index is 654. The lowest BCUT2D eigenvalue weighted by molar-refractivity contribution is 0.505. The minimum Gasteiger partial charge on any atom is -0.469 e. The molecule has 2 N–H and O–H groups in total. The summed E-state index contributed by atoms with van der Waals surface area (Å²) in [6.07, 6.45) is 4.44. The molecule has 0 spiro atoms. The molecular formula is C14H19N3O3S. The van der Waals surface area contributed by atoms with Crippen LogP contribution in [0.4, 0.5) is 5.69 Å². The summed E-state index contributed by atoms with van der Waals surface area (Å²) < 4.78 is 32.3. The molecule has 0 amide bonds. The molecular weight excluding hydrogens is 290 g/mol. The van der Waals surface area contributed by atoms with Gasteiger partial charge in [-0.25, -0.2) is 18.1 Å². The fraction of sp³-hybridized carbons (Fsp3) is 0.357. The molecule has 114 valence electrons. The Balaban J connectivity index is 2.04. The van der Waals surface area contributed by atoms with E-state index in [1.54, 1.807) is 24.5 Å². The van der Waals surface area contributed by atoms with Gasteiger partial charge in [0.05, 0.1) is 12.0 Å². The zero-order chi connectivity index (χ0) is 15.1. The highest BCUT2D eigenvalue weighted by Crippen LogP contribution is 2.17. The lowest BCUT2D eigenvalue weighted by Crippen LogP contribution is -2.27. The van der Waals surface area contributed by atoms with E-state index >= 15 is 0 Å². The normalized spacial score (nSPS) is 11.5. The van der Waals surface area contributed by atoms with Crippen molar-refractivity contribution in [2.24, 2.45) is 0 Å². The van der Waals surface area contributed by atoms with Crippen molar-refractivity contribution in [1.82, 2.24) is 9.71 Å². The molecule has 0 saturated heterocycles. The van der Waals surface area contributed by atoms with Gasteiger partial charge in [0, 0.05) is 25.7 Å². The first kappa shape index (κ1) is 15.5. The average molecular weight is 309 g/mol. The van der Waals surface area contributed by atoms with Gasteiger partial charge in [-0.15, -0.1) is 0 Å². The fourth-order valence-electron chi connectivity index (χ4n) is 1.83. The highest BCUT2D eigenvalue weighted by Gasteiger charge is 2.19. The van der Waals surface area contributed by atoms with Crippen LogP contribution in [0.2, 0.25) is 0 Å². The Morgan fingerprint density at radius 3 is 2.81 bits per heavy atom. The van der Waals surface area contributed by atoms with E-state index in [1.165, 1.54) is 6.20 Å². The van der Waals surface area contributed by atoms with Gasteiger partial charge in [-0.3, -0.25) is 0 Å². The molecule has 0 aliphatic rings. The molecule has 7 heteroatoms. The number of anilines is 1. The van der Waals surface area contributed by atoms with E-state index in [-0.39, 0.29) is 11.6 Å². The van der Waals surface area contributed by atoms with E-state index in [1.807, 2.05) is 13.0 Å². The smallest absolute Gasteiger partial charge is 0.260 e. The van der Waals surface area contributed by atoms with Gasteiger partial charge in [-0.1, -0.05) is 6.92 Å². The van der Waals surface area contributed by atoms with E-state index in [9.17, 15) is 8.42 Å². The maximum Gasteiger partial charge on any atom is 0.260 e. The van der Waals surface area contributed by atoms with Crippen LogP contribution in [0.25, 0.3) is 0 Å². The van der Waals surface area contributed by atoms with Crippen LogP contribution in [0.3, 0.4) is 0 Å². The number of furan rings is 1. The van der Waals surface area contributed by atoms with Crippen LogP contribution in [-0.2, 0) is 16.4 Å². The lowest BCUT2D eigenvalue weighted by atomic mass is 10.3. The molecule has 0 fully saturated rings. The number of sulfonamides is 1. The number of aromatic nitrogens is 1. The minimum absolute atomic E-state index is 0.0258. The maximum absolute atomic E-state index is 12.3. The molecule has 0 unspecified atom stereocenters. The van der Waals surface area contributed by atoms with Crippen molar-refractivity contribution in [3.05, 3.63) is 42.5 Å². The zero-order valence-corrected chi connectivity index (χ0v) is 12.7. The Morgan fingerprint density at radius 2 is 2.10 bits per heavy atom. The van der Waals surface area contributed by atoms with Gasteiger partial charge in [0.2, 0.25) is 0 Å². The second-order valence-electron chi connectivity index (χ2n) is 4.51. The van der Waals surface area contributed by atoms with Gasteiger partial charge < -0.3 is 9.73 Å². The van der Waals surface area contributed by atoms with Gasteiger partial charge in [0.15, 0.2) is 5.03 Å². The summed E-state index contributed by atoms with van der Waals surface area (Å²) in [7, 11) is -3.64. The third-order valence-electron chi connectivity index (χ3n) is 2.83. The molecule has 0 saturated carbocycles. The first-order valence-electron chi connectivity index (χ1n) is 6.84. The number of rotatable bonds is 8. The predicted molar refractivity (Wildman–Crippen MR) is 80.6 cm³/mol. The summed E-state index contributed by atoms with van der Waals surface area (Å²) in [4.78, 5) is 3.98. The highest BCUT2D eigenvalue weighted by atomic mass is 32.2. The number of nitrogens with zero attached hydrogens (tertiary/aromatic N) is 1. The minimum atomic E-state index is -3.64. The van der Waals surface area contributed by atoms with E-state index < -0.39 is 10.0 Å². The van der Waals surface area contributed by atoms with Crippen molar-refractivity contribution in [2.75, 3.05) is 18.4 Å². The molecule has 2 aromatic rings. The van der Waals surface area contributed by atoms with Crippen LogP contribution in [0, 0.1) is 0 Å². The average Bonchev–Trinajstić information content (AvgIpc) is 2.98. The second kappa shape index (κ2) is 7.24. The monoisotopic (exact) mass is 309 g/mol. The second-order valence-corrected chi connectivity index (χ2v) is 6.19. The topological polar surface area (TPSA) is 84.2 Å². The third-order valence-corrected chi connectivity index (χ3v) is 4.25. The summed E-state index contributed by atoms with van der Waals surface area (Å²) in [6.45, 7) is 2.97. The molecule has 2 rings (SSSR count). The summed E-state index contributed by atoms with van der Waals surface area (Å²) in [5.74, 6) is 0.739. The summed E-state index contributed by atoms with van der Waals surface area (Å²) in [5, 5.41) is 3.10. The number of pyridine rings is 1. The first-order valence-corrected chi connectivity index (χ1v) is 8.32. The van der Waals surface area contributed by atoms with Gasteiger partial charge in [0.1, 0.15) is 5.76 Å². The van der Waals surface area contributed by atoms with Crippen LogP contribution < -0.4 is 10.0 Å². The van der Waals surface area contributed by atoms with Crippen molar-refractivity contribution in [3.8, 4) is 0 Å². The highest BCUT2D eigenvalue weighted by molar-refractivity contribution is 7.89. The fourth-order valence-corrected chi connectivity index (χ4v) is 2.97. The van der Waals surface area contributed by atoms with Crippen molar-refractivity contribution < 1.29 is 12.8 Å². The zero-order valence-electron chi connectivity index (χ0n) is 11.9. The molecule has 0 aliphatic heterocycles. The van der Waals surface area contributed by atoms with Gasteiger partial charge in [-0.05, 0) is 30.7 Å². The molecule has 0 aliphatic carbocycles. The van der Waals surface area contributed by atoms with Crippen LogP contribution >= 0.6 is 0 Å². The Kier molecular flexibility index (Phi) is 5.35. The maximum atomic E-state index is 12.3. The van der Waals surface area contributed by atoms with E-state index in [0.717, 1.165) is 12.2 Å². The molecule has 2 aromatic heterocycles. The summed E-state index contributed by atoms with van der Waals surface area (Å²) in [6, 6.07) is 7.00. The molecule has 0 radical (unpaired) electrons. The van der Waals surface area contributed by atoms with Crippen LogP contribution in [0.15, 0.2) is 46.2 Å². The molecule has 0 aromatic carbocycles. The first-order chi connectivity index (χ1) is 10.1. The predicted octanol–water partition coefficient (Wildman–Crippen LogP) is 2.02. The van der Waals surface area contributed by atoms with Gasteiger partial charge in [-0.2, -0.15) is 0 Å². The molecule has 2 heterocycles. The summed E-state index contributed by atoms with van der Waals surface area (Å²) in [5.41, 5.74) is 0.518. The van der Waals surface area contributed by atoms with E-state index in [0.29, 0.717) is 18.7 Å². The number of nitrogens with one attached hydrogen (secondary N) is 2. The lowest BCUT2D eigenvalue weighted by Gasteiger charge is -2.11. The van der Waals surface area contributed by atoms with Crippen molar-refractivity contribution in [2.45, 2.75) is 24.8 Å². The van der Waals surface area contributed by atoms with Crippen LogP contribution in [0.1, 0.15) is 19.1 Å². The molecule has 21 heavy (non-hydrogen) atoms. The van der Waals surface area contributed by atoms with Gasteiger partial charge in [0.25, 0.3) is 10.0 Å². The van der Waals surface area contributed by atoms with Crippen molar-refractivity contribution in [1.29, 1.82) is 0 Å². The largest absolute Gasteiger partial charge is 0.469 e. The standard InChI is InChI=1S/C14H19N3O3S/c1-2-8-15-13-6-3-9-16-14(13)21(18,19)17-10-7-12-5-4-11-20-12/h3-6,9,11,15,17H,2,7-8,10H2,1H3. The number of hydrogen-bond donors (Lipinski definition) is 2. The van der Waals surface area contributed by atoms with E-state index in [4.69, 9.17) is 4.42 Å². The quantitative estimate of drug-likeness (QED) is 0.779. The number of hydrogen-bond acceptors (Lipinski definition) is 5. The molecule has 0 atom stereocenters. The SMILES string of the molecule is CCCNc1cccnc1S(=O)(=O)NCCc1ccco1. The Labute approximate surface area is 124 Å². The molecule has 6 nitrogen and oxygen atoms in total. The van der Waals surface area contributed by atoms with Crippen LogP contribution in [-0.4, -0.2) is 26.5 Å². The van der Waals surface area contributed by atoms with Gasteiger partial charge >= 0.3 is 0 Å². The van der Waals surface area contributed by atoms with Crippen molar-refractivity contribution >= 4 is 15.7 Å². The van der Waals surface area contributed by atoms with Crippen molar-refractivity contribution in [3.63, 3.8) is 0 Å². The summed E-state index contributed by atoms with van der Waals surface area (Å²) >= 11 is 0. The molecule has 0 bridgehead atoms. The third kappa shape index (κ3) is 4.30. The van der Waals surface area contributed by atoms with E-state index in [2.05, 4.69) is 15.0 Å². The Hall–Kier alpha value is -1.86. The van der Waals surface area contributed by atoms with Crippen LogP contribution in [0.5, 0.6) is 0 Å².